The standard InChI is InChI=1S/C13H25NO/c1-12(2)5-7-13(14,8-6-12)11-4-3-9-15-10-11/h11H,3-10,14H2,1-2H3. The molecular weight excluding hydrogens is 186 g/mol. The summed E-state index contributed by atoms with van der Waals surface area (Å²) in [6, 6.07) is 0. The lowest BCUT2D eigenvalue weighted by molar-refractivity contribution is -0.000715. The summed E-state index contributed by atoms with van der Waals surface area (Å²) in [6.07, 6.45) is 7.41. The summed E-state index contributed by atoms with van der Waals surface area (Å²) in [6.45, 7) is 6.57. The predicted octanol–water partition coefficient (Wildman–Crippen LogP) is 2.71. The second-order valence-electron chi connectivity index (χ2n) is 6.31. The molecule has 0 aromatic rings. The van der Waals surface area contributed by atoms with Crippen molar-refractivity contribution in [1.29, 1.82) is 0 Å². The molecule has 0 aromatic heterocycles. The van der Waals surface area contributed by atoms with Crippen LogP contribution in [0.2, 0.25) is 0 Å². The Balaban J connectivity index is 1.95. The van der Waals surface area contributed by atoms with E-state index in [-0.39, 0.29) is 5.54 Å². The molecule has 2 heteroatoms. The molecule has 0 radical (unpaired) electrons. The summed E-state index contributed by atoms with van der Waals surface area (Å²) in [4.78, 5) is 0. The van der Waals surface area contributed by atoms with Gasteiger partial charge in [-0.1, -0.05) is 13.8 Å². The lowest BCUT2D eigenvalue weighted by Crippen LogP contribution is -2.53. The monoisotopic (exact) mass is 211 g/mol. The fourth-order valence-electron chi connectivity index (χ4n) is 2.99. The molecule has 1 aliphatic heterocycles. The minimum atomic E-state index is 0.0793. The van der Waals surface area contributed by atoms with E-state index in [1.165, 1.54) is 38.5 Å². The Kier molecular flexibility index (Phi) is 3.09. The van der Waals surface area contributed by atoms with E-state index in [4.69, 9.17) is 10.5 Å². The molecule has 1 aliphatic carbocycles. The molecule has 1 unspecified atom stereocenters. The van der Waals surface area contributed by atoms with Gasteiger partial charge in [-0.05, 0) is 43.9 Å². The highest BCUT2D eigenvalue weighted by molar-refractivity contribution is 4.97. The van der Waals surface area contributed by atoms with Gasteiger partial charge in [0.15, 0.2) is 0 Å². The van der Waals surface area contributed by atoms with Gasteiger partial charge in [0, 0.05) is 18.1 Å². The van der Waals surface area contributed by atoms with Gasteiger partial charge in [-0.2, -0.15) is 0 Å². The van der Waals surface area contributed by atoms with Crippen LogP contribution in [0.3, 0.4) is 0 Å². The molecule has 0 bridgehead atoms. The van der Waals surface area contributed by atoms with Crippen LogP contribution >= 0.6 is 0 Å². The van der Waals surface area contributed by atoms with Crippen molar-refractivity contribution >= 4 is 0 Å². The molecule has 2 rings (SSSR count). The molecule has 15 heavy (non-hydrogen) atoms. The molecule has 0 aromatic carbocycles. The Morgan fingerprint density at radius 3 is 2.33 bits per heavy atom. The average Bonchev–Trinajstić information content (AvgIpc) is 2.24. The SMILES string of the molecule is CC1(C)CCC(N)(C2CCCOC2)CC1. The first-order chi connectivity index (χ1) is 7.02. The van der Waals surface area contributed by atoms with E-state index in [1.807, 2.05) is 0 Å². The molecule has 1 atom stereocenters. The largest absolute Gasteiger partial charge is 0.381 e. The molecule has 1 heterocycles. The van der Waals surface area contributed by atoms with Crippen LogP contribution in [0.15, 0.2) is 0 Å². The number of ether oxygens (including phenoxy) is 1. The maximum Gasteiger partial charge on any atom is 0.0511 e. The normalized spacial score (nSPS) is 35.0. The van der Waals surface area contributed by atoms with Crippen molar-refractivity contribution in [1.82, 2.24) is 0 Å². The van der Waals surface area contributed by atoms with Gasteiger partial charge in [0.2, 0.25) is 0 Å². The smallest absolute Gasteiger partial charge is 0.0511 e. The van der Waals surface area contributed by atoms with E-state index in [9.17, 15) is 0 Å². The summed E-state index contributed by atoms with van der Waals surface area (Å²) >= 11 is 0. The van der Waals surface area contributed by atoms with Crippen molar-refractivity contribution in [2.24, 2.45) is 17.1 Å². The third-order valence-corrected chi connectivity index (χ3v) is 4.51. The topological polar surface area (TPSA) is 35.2 Å². The van der Waals surface area contributed by atoms with Crippen LogP contribution in [0.5, 0.6) is 0 Å². The van der Waals surface area contributed by atoms with E-state index in [0.717, 1.165) is 13.2 Å². The molecule has 0 amide bonds. The number of rotatable bonds is 1. The summed E-state index contributed by atoms with van der Waals surface area (Å²) in [5, 5.41) is 0. The fourth-order valence-corrected chi connectivity index (χ4v) is 2.99. The first-order valence-electron chi connectivity index (χ1n) is 6.39. The van der Waals surface area contributed by atoms with E-state index in [1.54, 1.807) is 0 Å². The molecule has 2 aliphatic rings. The van der Waals surface area contributed by atoms with Gasteiger partial charge in [0.25, 0.3) is 0 Å². The van der Waals surface area contributed by atoms with Crippen LogP contribution in [-0.2, 0) is 4.74 Å². The van der Waals surface area contributed by atoms with Crippen molar-refractivity contribution < 1.29 is 4.74 Å². The fraction of sp³-hybridized carbons (Fsp3) is 1.00. The first-order valence-corrected chi connectivity index (χ1v) is 6.39. The summed E-state index contributed by atoms with van der Waals surface area (Å²) in [5.41, 5.74) is 7.17. The van der Waals surface area contributed by atoms with Crippen molar-refractivity contribution in [3.63, 3.8) is 0 Å². The molecule has 2 N–H and O–H groups in total. The van der Waals surface area contributed by atoms with E-state index < -0.39 is 0 Å². The minimum Gasteiger partial charge on any atom is -0.381 e. The van der Waals surface area contributed by atoms with Gasteiger partial charge in [0.05, 0.1) is 6.61 Å². The Morgan fingerprint density at radius 2 is 1.80 bits per heavy atom. The zero-order chi connectivity index (χ0) is 10.9. The molecule has 0 spiro atoms. The van der Waals surface area contributed by atoms with Crippen molar-refractivity contribution in [2.75, 3.05) is 13.2 Å². The van der Waals surface area contributed by atoms with Gasteiger partial charge in [-0.25, -0.2) is 0 Å². The third kappa shape index (κ3) is 2.54. The zero-order valence-electron chi connectivity index (χ0n) is 10.2. The van der Waals surface area contributed by atoms with E-state index >= 15 is 0 Å². The maximum absolute atomic E-state index is 6.57. The Labute approximate surface area is 93.6 Å². The first kappa shape index (κ1) is 11.4. The molecular formula is C13H25NO. The lowest BCUT2D eigenvalue weighted by Gasteiger charge is -2.46. The Morgan fingerprint density at radius 1 is 1.13 bits per heavy atom. The summed E-state index contributed by atoms with van der Waals surface area (Å²) < 4.78 is 5.57. The van der Waals surface area contributed by atoms with Gasteiger partial charge in [0.1, 0.15) is 0 Å². The van der Waals surface area contributed by atoms with Crippen molar-refractivity contribution in [3.8, 4) is 0 Å². The van der Waals surface area contributed by atoms with Crippen molar-refractivity contribution in [2.45, 2.75) is 57.9 Å². The van der Waals surface area contributed by atoms with E-state index in [2.05, 4.69) is 13.8 Å². The number of hydrogen-bond donors (Lipinski definition) is 1. The maximum atomic E-state index is 6.57. The predicted molar refractivity (Wildman–Crippen MR) is 62.7 cm³/mol. The molecule has 2 fully saturated rings. The highest BCUT2D eigenvalue weighted by atomic mass is 16.5. The van der Waals surface area contributed by atoms with Crippen LogP contribution in [0, 0.1) is 11.3 Å². The second-order valence-corrected chi connectivity index (χ2v) is 6.31. The molecule has 1 saturated carbocycles. The molecule has 1 saturated heterocycles. The van der Waals surface area contributed by atoms with Crippen molar-refractivity contribution in [3.05, 3.63) is 0 Å². The average molecular weight is 211 g/mol. The van der Waals surface area contributed by atoms with Gasteiger partial charge < -0.3 is 10.5 Å². The summed E-state index contributed by atoms with van der Waals surface area (Å²) in [5.74, 6) is 0.613. The van der Waals surface area contributed by atoms with Crippen LogP contribution in [-0.4, -0.2) is 18.8 Å². The minimum absolute atomic E-state index is 0.0793. The van der Waals surface area contributed by atoms with E-state index in [0.29, 0.717) is 11.3 Å². The number of hydrogen-bond acceptors (Lipinski definition) is 2. The quantitative estimate of drug-likeness (QED) is 0.724. The third-order valence-electron chi connectivity index (χ3n) is 4.51. The lowest BCUT2D eigenvalue weighted by atomic mass is 9.64. The molecule has 2 nitrogen and oxygen atoms in total. The van der Waals surface area contributed by atoms with Crippen LogP contribution in [0.1, 0.15) is 52.4 Å². The highest BCUT2D eigenvalue weighted by Gasteiger charge is 2.41. The van der Waals surface area contributed by atoms with Gasteiger partial charge >= 0.3 is 0 Å². The summed E-state index contributed by atoms with van der Waals surface area (Å²) in [7, 11) is 0. The second kappa shape index (κ2) is 4.06. The Bertz CT molecular complexity index is 209. The van der Waals surface area contributed by atoms with Gasteiger partial charge in [-0.15, -0.1) is 0 Å². The molecule has 88 valence electrons. The number of nitrogens with two attached hydrogens (primary N) is 1. The van der Waals surface area contributed by atoms with Gasteiger partial charge in [-0.3, -0.25) is 0 Å². The van der Waals surface area contributed by atoms with Crippen LogP contribution < -0.4 is 5.73 Å². The van der Waals surface area contributed by atoms with Crippen LogP contribution in [0.25, 0.3) is 0 Å². The Hall–Kier alpha value is -0.0800. The highest BCUT2D eigenvalue weighted by Crippen LogP contribution is 2.43. The van der Waals surface area contributed by atoms with Crippen LogP contribution in [0.4, 0.5) is 0 Å². The zero-order valence-corrected chi connectivity index (χ0v) is 10.2.